The van der Waals surface area contributed by atoms with E-state index in [9.17, 15) is 8.42 Å². The summed E-state index contributed by atoms with van der Waals surface area (Å²) in [5.41, 5.74) is 5.35. The average molecular weight is 327 g/mol. The Bertz CT molecular complexity index is 518. The Kier molecular flexibility index (Phi) is 6.78. The van der Waals surface area contributed by atoms with Crippen LogP contribution >= 0.6 is 24.0 Å². The van der Waals surface area contributed by atoms with Crippen molar-refractivity contribution < 1.29 is 8.42 Å². The summed E-state index contributed by atoms with van der Waals surface area (Å²) in [6.07, 6.45) is 0. The van der Waals surface area contributed by atoms with Gasteiger partial charge in [-0.25, -0.2) is 12.7 Å². The summed E-state index contributed by atoms with van der Waals surface area (Å²) in [5, 5.41) is 0.405. The maximum atomic E-state index is 12.3. The molecule has 0 aliphatic heterocycles. The van der Waals surface area contributed by atoms with Crippen LogP contribution in [-0.2, 0) is 10.0 Å². The fourth-order valence-electron chi connectivity index (χ4n) is 1.56. The Balaban J connectivity index is 0.00000324. The van der Waals surface area contributed by atoms with E-state index in [-0.39, 0.29) is 22.7 Å². The highest BCUT2D eigenvalue weighted by Gasteiger charge is 2.27. The lowest BCUT2D eigenvalue weighted by Crippen LogP contribution is -2.39. The molecule has 0 radical (unpaired) electrons. The summed E-state index contributed by atoms with van der Waals surface area (Å²) in [5.74, 6) is 0. The molecule has 1 rings (SSSR count). The van der Waals surface area contributed by atoms with Crippen LogP contribution in [0.2, 0.25) is 5.02 Å². The van der Waals surface area contributed by atoms with Crippen molar-refractivity contribution in [3.63, 3.8) is 0 Å². The number of nitrogens with two attached hydrogens (primary N) is 1. The van der Waals surface area contributed by atoms with Crippen molar-refractivity contribution in [2.45, 2.75) is 18.7 Å². The first kappa shape index (κ1) is 18.7. The first-order chi connectivity index (χ1) is 8.19. The number of benzene rings is 1. The zero-order valence-electron chi connectivity index (χ0n) is 11.3. The van der Waals surface area contributed by atoms with Crippen molar-refractivity contribution in [1.29, 1.82) is 0 Å². The van der Waals surface area contributed by atoms with Gasteiger partial charge in [0.15, 0.2) is 0 Å². The van der Waals surface area contributed by atoms with Crippen LogP contribution in [0.25, 0.3) is 0 Å². The van der Waals surface area contributed by atoms with Crippen molar-refractivity contribution in [1.82, 2.24) is 4.31 Å². The van der Waals surface area contributed by atoms with Crippen LogP contribution in [0.4, 0.5) is 0 Å². The Morgan fingerprint density at radius 2 is 1.95 bits per heavy atom. The lowest BCUT2D eigenvalue weighted by Gasteiger charge is -2.28. The summed E-state index contributed by atoms with van der Waals surface area (Å²) in [6.45, 7) is 4.63. The number of halogens is 2. The zero-order chi connectivity index (χ0) is 14.0. The second-order valence-corrected chi connectivity index (χ2v) is 7.57. The first-order valence-electron chi connectivity index (χ1n) is 5.61. The van der Waals surface area contributed by atoms with Gasteiger partial charge in [0, 0.05) is 18.6 Å². The summed E-state index contributed by atoms with van der Waals surface area (Å²) in [6, 6.07) is 6.25. The molecule has 0 saturated heterocycles. The van der Waals surface area contributed by atoms with Crippen LogP contribution < -0.4 is 5.73 Å². The molecule has 0 spiro atoms. The third-order valence-electron chi connectivity index (χ3n) is 2.71. The maximum absolute atomic E-state index is 12.3. The Morgan fingerprint density at radius 1 is 1.37 bits per heavy atom. The third-order valence-corrected chi connectivity index (χ3v) is 4.74. The van der Waals surface area contributed by atoms with Crippen molar-refractivity contribution >= 4 is 34.0 Å². The largest absolute Gasteiger partial charge is 0.330 e. The molecule has 1 aromatic carbocycles. The first-order valence-corrected chi connectivity index (χ1v) is 7.43. The highest BCUT2D eigenvalue weighted by molar-refractivity contribution is 7.89. The molecule has 0 fully saturated rings. The summed E-state index contributed by atoms with van der Waals surface area (Å²) in [4.78, 5) is 0.199. The van der Waals surface area contributed by atoms with Crippen molar-refractivity contribution in [2.75, 3.05) is 20.1 Å². The number of nitrogens with zero attached hydrogens (tertiary/aromatic N) is 1. The van der Waals surface area contributed by atoms with E-state index in [4.69, 9.17) is 17.3 Å². The molecule has 0 bridgehead atoms. The van der Waals surface area contributed by atoms with Crippen molar-refractivity contribution in [3.05, 3.63) is 29.3 Å². The van der Waals surface area contributed by atoms with Gasteiger partial charge >= 0.3 is 0 Å². The predicted molar refractivity (Wildman–Crippen MR) is 81.4 cm³/mol. The third kappa shape index (κ3) is 4.93. The molecule has 110 valence electrons. The molecule has 0 saturated carbocycles. The molecule has 0 unspecified atom stereocenters. The molecular formula is C12H20Cl2N2O2S. The van der Waals surface area contributed by atoms with E-state index in [0.29, 0.717) is 18.1 Å². The van der Waals surface area contributed by atoms with E-state index in [1.165, 1.54) is 16.4 Å². The summed E-state index contributed by atoms with van der Waals surface area (Å²) in [7, 11) is -1.96. The van der Waals surface area contributed by atoms with Gasteiger partial charge in [-0.15, -0.1) is 12.4 Å². The van der Waals surface area contributed by atoms with Crippen LogP contribution in [0.5, 0.6) is 0 Å². The lowest BCUT2D eigenvalue weighted by atomic mass is 9.94. The summed E-state index contributed by atoms with van der Waals surface area (Å²) < 4.78 is 25.9. The topological polar surface area (TPSA) is 63.4 Å². The molecule has 0 atom stereocenters. The normalized spacial score (nSPS) is 12.3. The minimum atomic E-state index is -3.51. The molecule has 7 heteroatoms. The molecule has 1 aromatic rings. The fourth-order valence-corrected chi connectivity index (χ4v) is 3.22. The minimum absolute atomic E-state index is 0. The monoisotopic (exact) mass is 326 g/mol. The SMILES string of the molecule is CN(CC(C)(C)CN)S(=O)(=O)c1cccc(Cl)c1.Cl. The number of rotatable bonds is 5. The maximum Gasteiger partial charge on any atom is 0.242 e. The number of hydrogen-bond acceptors (Lipinski definition) is 3. The quantitative estimate of drug-likeness (QED) is 0.903. The van der Waals surface area contributed by atoms with Gasteiger partial charge in [-0.2, -0.15) is 0 Å². The predicted octanol–water partition coefficient (Wildman–Crippen LogP) is 2.37. The Morgan fingerprint density at radius 3 is 2.42 bits per heavy atom. The van der Waals surface area contributed by atoms with Crippen LogP contribution in [-0.4, -0.2) is 32.9 Å². The standard InChI is InChI=1S/C12H19ClN2O2S.ClH/c1-12(2,8-14)9-15(3)18(16,17)11-6-4-5-10(13)7-11;/h4-7H,8-9,14H2,1-3H3;1H. The fraction of sp³-hybridized carbons (Fsp3) is 0.500. The molecule has 0 amide bonds. The molecule has 2 N–H and O–H groups in total. The van der Waals surface area contributed by atoms with Crippen LogP contribution in [0.1, 0.15) is 13.8 Å². The van der Waals surface area contributed by atoms with E-state index < -0.39 is 10.0 Å². The van der Waals surface area contributed by atoms with Crippen LogP contribution in [0.3, 0.4) is 0 Å². The molecule has 0 aliphatic carbocycles. The zero-order valence-corrected chi connectivity index (χ0v) is 13.6. The Hall–Kier alpha value is -0.330. The molecule has 0 aliphatic rings. The number of hydrogen-bond donors (Lipinski definition) is 1. The van der Waals surface area contributed by atoms with Crippen molar-refractivity contribution in [2.24, 2.45) is 11.1 Å². The van der Waals surface area contributed by atoms with Gasteiger partial charge in [-0.1, -0.05) is 31.5 Å². The molecule has 4 nitrogen and oxygen atoms in total. The van der Waals surface area contributed by atoms with Gasteiger partial charge in [0.2, 0.25) is 10.0 Å². The second kappa shape index (κ2) is 6.90. The van der Waals surface area contributed by atoms with E-state index in [1.807, 2.05) is 13.8 Å². The van der Waals surface area contributed by atoms with Gasteiger partial charge in [0.1, 0.15) is 0 Å². The summed E-state index contributed by atoms with van der Waals surface area (Å²) >= 11 is 5.81. The van der Waals surface area contributed by atoms with E-state index in [2.05, 4.69) is 0 Å². The van der Waals surface area contributed by atoms with Gasteiger partial charge in [0.25, 0.3) is 0 Å². The highest BCUT2D eigenvalue weighted by Crippen LogP contribution is 2.22. The van der Waals surface area contributed by atoms with Gasteiger partial charge in [0.05, 0.1) is 4.90 Å². The average Bonchev–Trinajstić information content (AvgIpc) is 2.28. The van der Waals surface area contributed by atoms with Crippen LogP contribution in [0, 0.1) is 5.41 Å². The van der Waals surface area contributed by atoms with Crippen molar-refractivity contribution in [3.8, 4) is 0 Å². The van der Waals surface area contributed by atoms with Gasteiger partial charge < -0.3 is 5.73 Å². The minimum Gasteiger partial charge on any atom is -0.330 e. The van der Waals surface area contributed by atoms with Gasteiger partial charge in [-0.3, -0.25) is 0 Å². The highest BCUT2D eigenvalue weighted by atomic mass is 35.5. The Labute approximate surface area is 126 Å². The van der Waals surface area contributed by atoms with Gasteiger partial charge in [-0.05, 0) is 30.2 Å². The van der Waals surface area contributed by atoms with E-state index in [0.717, 1.165) is 0 Å². The lowest BCUT2D eigenvalue weighted by molar-refractivity contribution is 0.292. The van der Waals surface area contributed by atoms with Crippen LogP contribution in [0.15, 0.2) is 29.2 Å². The molecular weight excluding hydrogens is 307 g/mol. The molecule has 0 heterocycles. The molecule has 19 heavy (non-hydrogen) atoms. The second-order valence-electron chi connectivity index (χ2n) is 5.09. The molecule has 0 aromatic heterocycles. The van der Waals surface area contributed by atoms with E-state index in [1.54, 1.807) is 19.2 Å². The number of sulfonamides is 1. The van der Waals surface area contributed by atoms with E-state index >= 15 is 0 Å². The smallest absolute Gasteiger partial charge is 0.242 e.